The van der Waals surface area contributed by atoms with Crippen LogP contribution in [0, 0.1) is 0 Å². The summed E-state index contributed by atoms with van der Waals surface area (Å²) >= 11 is 0. The van der Waals surface area contributed by atoms with Crippen LogP contribution in [0.5, 0.6) is 0 Å². The Hall–Kier alpha value is -7.22. The molecule has 4 N–H and O–H groups in total. The topological polar surface area (TPSA) is 189 Å². The van der Waals surface area contributed by atoms with E-state index in [-0.39, 0.29) is 69.6 Å². The third-order valence-electron chi connectivity index (χ3n) is 15.3. The average molecular weight is 1140 g/mol. The molecule has 2 aliphatic rings. The molecule has 2 aromatic heterocycles. The molecule has 4 aromatic carbocycles. The van der Waals surface area contributed by atoms with Crippen LogP contribution in [0.25, 0.3) is 0 Å². The van der Waals surface area contributed by atoms with E-state index in [1.165, 1.54) is 38.2 Å². The minimum Gasteiger partial charge on any atom is -0.467 e. The molecule has 2 saturated carbocycles. The third kappa shape index (κ3) is 13.0. The largest absolute Gasteiger partial charge is 0.467 e. The Morgan fingerprint density at radius 1 is 0.550 bits per heavy atom. The SMILES string of the molecule is C.COC(=O)C1(n2cn[nH]c2=O)CCC(CO[C@H](C)c2cc(C(F)(F)F)cc(C(F)(F)F)c2)(c2ccccc2)CC1.C[C@@H](OCC1(c2ccccc2)CCC(C(N)=O)(n2cn[nH]c2=O)CC1)c1cc(C(F)(F)F)cc(C(F)(F)F)c1. The van der Waals surface area contributed by atoms with Gasteiger partial charge in [-0.2, -0.15) is 62.9 Å². The molecule has 0 aliphatic heterocycles. The van der Waals surface area contributed by atoms with Gasteiger partial charge in [0.1, 0.15) is 23.7 Å². The summed E-state index contributed by atoms with van der Waals surface area (Å²) in [5, 5.41) is 11.9. The predicted molar refractivity (Wildman–Crippen MR) is 264 cm³/mol. The van der Waals surface area contributed by atoms with E-state index < -0.39 is 104 Å². The molecule has 2 fully saturated rings. The first-order chi connectivity index (χ1) is 36.9. The minimum absolute atomic E-state index is 0. The summed E-state index contributed by atoms with van der Waals surface area (Å²) in [6, 6.07) is 20.9. The number of rotatable bonds is 14. The summed E-state index contributed by atoms with van der Waals surface area (Å²) in [4.78, 5) is 50.2. The number of amides is 1. The van der Waals surface area contributed by atoms with E-state index in [0.717, 1.165) is 15.7 Å². The van der Waals surface area contributed by atoms with Gasteiger partial charge < -0.3 is 19.9 Å². The van der Waals surface area contributed by atoms with Gasteiger partial charge in [-0.05, 0) is 124 Å². The zero-order valence-electron chi connectivity index (χ0n) is 42.4. The number of primary amides is 1. The number of hydrogen-bond acceptors (Lipinski definition) is 9. The van der Waals surface area contributed by atoms with Gasteiger partial charge >= 0.3 is 42.1 Å². The first-order valence-corrected chi connectivity index (χ1v) is 24.5. The quantitative estimate of drug-likeness (QED) is 0.0704. The lowest BCUT2D eigenvalue weighted by Gasteiger charge is -2.45. The number of aromatic nitrogens is 6. The highest BCUT2D eigenvalue weighted by molar-refractivity contribution is 5.83. The third-order valence-corrected chi connectivity index (χ3v) is 15.3. The average Bonchev–Trinajstić information content (AvgIpc) is 4.06. The van der Waals surface area contributed by atoms with Crippen molar-refractivity contribution in [2.24, 2.45) is 5.73 Å². The molecule has 0 unspecified atom stereocenters. The monoisotopic (exact) mass is 1140 g/mol. The number of H-pyrrole nitrogens is 2. The molecule has 8 rings (SSSR count). The molecule has 0 saturated heterocycles. The standard InChI is InChI=1S/C27H27F6N3O4.C26H26F6N4O3.CH4/c1-17(18-12-20(26(28,29)30)14-21(13-18)27(31,32)33)40-15-24(19-6-4-3-5-7-19)8-10-25(11-9-24,22(37)39-2)36-16-34-35-23(36)38;1-16(17-11-19(25(27,28)29)13-20(12-17)26(30,31)32)39-14-23(18-5-3-2-4-6-18)7-9-24(10-8-23,21(33)37)36-15-34-35-22(36)38;/h3-7,12-14,16-17H,8-11,15H2,1-2H3,(H,35,38);2-6,11-13,15-16H,7-10,14H2,1H3,(H2,33,37)(H,35,38);1H4/t17-,24?,25?;16-,23?,24?;/m11./s1. The van der Waals surface area contributed by atoms with Crippen LogP contribution in [-0.4, -0.2) is 61.7 Å². The van der Waals surface area contributed by atoms with E-state index in [9.17, 15) is 71.9 Å². The maximum absolute atomic E-state index is 13.4. The number of benzene rings is 4. The number of nitrogens with one attached hydrogen (secondary N) is 2. The van der Waals surface area contributed by atoms with Crippen molar-refractivity contribution in [3.05, 3.63) is 175 Å². The molecular formula is C54H57F12N7O7. The highest BCUT2D eigenvalue weighted by Gasteiger charge is 2.52. The number of carbonyl (C=O) groups is 2. The molecule has 26 heteroatoms. The molecule has 6 aromatic rings. The fourth-order valence-electron chi connectivity index (χ4n) is 10.5. The Balaban J connectivity index is 0.000000255. The number of alkyl halides is 12. The van der Waals surface area contributed by atoms with E-state index in [4.69, 9.17) is 19.9 Å². The molecular weight excluding hydrogens is 1090 g/mol. The zero-order chi connectivity index (χ0) is 58.0. The number of nitrogens with two attached hydrogens (primary N) is 1. The molecule has 0 radical (unpaired) electrons. The van der Waals surface area contributed by atoms with Gasteiger partial charge in [0.2, 0.25) is 5.91 Å². The molecule has 2 aliphatic carbocycles. The molecule has 434 valence electrons. The van der Waals surface area contributed by atoms with Crippen LogP contribution >= 0.6 is 0 Å². The lowest BCUT2D eigenvalue weighted by atomic mass is 9.64. The van der Waals surface area contributed by atoms with E-state index in [0.29, 0.717) is 49.9 Å². The summed E-state index contributed by atoms with van der Waals surface area (Å²) in [7, 11) is 1.21. The molecule has 0 bridgehead atoms. The van der Waals surface area contributed by atoms with Crippen molar-refractivity contribution in [2.75, 3.05) is 20.3 Å². The van der Waals surface area contributed by atoms with Gasteiger partial charge in [0.15, 0.2) is 0 Å². The van der Waals surface area contributed by atoms with Crippen LogP contribution < -0.4 is 17.1 Å². The summed E-state index contributed by atoms with van der Waals surface area (Å²) < 4.78 is 180. The lowest BCUT2D eigenvalue weighted by Crippen LogP contribution is -2.55. The van der Waals surface area contributed by atoms with Crippen molar-refractivity contribution in [1.29, 1.82) is 0 Å². The second kappa shape index (κ2) is 23.5. The number of hydrogen-bond donors (Lipinski definition) is 3. The second-order valence-electron chi connectivity index (χ2n) is 19.9. The number of nitrogens with zero attached hydrogens (tertiary/aromatic N) is 4. The Bertz CT molecular complexity index is 3120. The smallest absolute Gasteiger partial charge is 0.416 e. The van der Waals surface area contributed by atoms with Crippen LogP contribution in [0.4, 0.5) is 52.7 Å². The molecule has 14 nitrogen and oxygen atoms in total. The van der Waals surface area contributed by atoms with Crippen LogP contribution in [0.15, 0.2) is 119 Å². The Kier molecular flexibility index (Phi) is 18.2. The van der Waals surface area contributed by atoms with E-state index in [1.54, 1.807) is 36.4 Å². The zero-order valence-corrected chi connectivity index (χ0v) is 42.4. The van der Waals surface area contributed by atoms with E-state index in [1.807, 2.05) is 24.3 Å². The van der Waals surface area contributed by atoms with Crippen LogP contribution in [0.1, 0.15) is 129 Å². The van der Waals surface area contributed by atoms with E-state index in [2.05, 4.69) is 20.4 Å². The number of aromatic amines is 2. The molecule has 80 heavy (non-hydrogen) atoms. The van der Waals surface area contributed by atoms with Crippen molar-refractivity contribution in [3.8, 4) is 0 Å². The fraction of sp³-hybridized carbons (Fsp3) is 0.444. The molecule has 1 amide bonds. The van der Waals surface area contributed by atoms with Crippen LogP contribution in [0.3, 0.4) is 0 Å². The lowest BCUT2D eigenvalue weighted by molar-refractivity contribution is -0.155. The summed E-state index contributed by atoms with van der Waals surface area (Å²) in [5.74, 6) is -1.35. The van der Waals surface area contributed by atoms with Gasteiger partial charge in [-0.15, -0.1) is 0 Å². The summed E-state index contributed by atoms with van der Waals surface area (Å²) in [6.45, 7) is 2.65. The number of ether oxygens (including phenoxy) is 3. The van der Waals surface area contributed by atoms with Gasteiger partial charge in [0.05, 0.1) is 54.8 Å². The van der Waals surface area contributed by atoms with Gasteiger partial charge in [0, 0.05) is 10.8 Å². The maximum atomic E-state index is 13.4. The maximum Gasteiger partial charge on any atom is 0.416 e. The number of esters is 1. The highest BCUT2D eigenvalue weighted by Crippen LogP contribution is 2.49. The Labute approximate surface area is 449 Å². The van der Waals surface area contributed by atoms with Crippen molar-refractivity contribution in [2.45, 2.75) is 131 Å². The summed E-state index contributed by atoms with van der Waals surface area (Å²) in [5.41, 5.74) is -4.25. The second-order valence-corrected chi connectivity index (χ2v) is 19.9. The van der Waals surface area contributed by atoms with Crippen molar-refractivity contribution < 1.29 is 76.5 Å². The number of methoxy groups -OCH3 is 1. The van der Waals surface area contributed by atoms with Crippen molar-refractivity contribution >= 4 is 11.9 Å². The van der Waals surface area contributed by atoms with Gasteiger partial charge in [-0.1, -0.05) is 68.1 Å². The molecule has 0 spiro atoms. The van der Waals surface area contributed by atoms with E-state index >= 15 is 0 Å². The van der Waals surface area contributed by atoms with Gasteiger partial charge in [-0.25, -0.2) is 24.6 Å². The molecule has 2 atom stereocenters. The fourth-order valence-corrected chi connectivity index (χ4v) is 10.5. The molecule has 2 heterocycles. The predicted octanol–water partition coefficient (Wildman–Crippen LogP) is 11.5. The Morgan fingerprint density at radius 2 is 0.863 bits per heavy atom. The van der Waals surface area contributed by atoms with Crippen molar-refractivity contribution in [3.63, 3.8) is 0 Å². The number of carbonyl (C=O) groups excluding carboxylic acids is 2. The highest BCUT2D eigenvalue weighted by atomic mass is 19.4. The van der Waals surface area contributed by atoms with Crippen molar-refractivity contribution in [1.82, 2.24) is 29.5 Å². The van der Waals surface area contributed by atoms with Gasteiger partial charge in [-0.3, -0.25) is 13.9 Å². The van der Waals surface area contributed by atoms with Crippen LogP contribution in [-0.2, 0) is 70.4 Å². The minimum atomic E-state index is -4.98. The first kappa shape index (κ1) is 62.0. The van der Waals surface area contributed by atoms with Crippen LogP contribution in [0.2, 0.25) is 0 Å². The summed E-state index contributed by atoms with van der Waals surface area (Å²) in [6.07, 6.45) is -18.0. The van der Waals surface area contributed by atoms with Gasteiger partial charge in [0.25, 0.3) is 0 Å². The first-order valence-electron chi connectivity index (χ1n) is 24.5. The number of halogens is 12. The normalized spacial score (nSPS) is 22.5. The Morgan fingerprint density at radius 3 is 1.14 bits per heavy atom.